The van der Waals surface area contributed by atoms with Crippen LogP contribution in [0.4, 0.5) is 11.5 Å². The molecular weight excluding hydrogens is 336 g/mol. The van der Waals surface area contributed by atoms with E-state index in [2.05, 4.69) is 35.2 Å². The molecule has 1 aromatic carbocycles. The Morgan fingerprint density at radius 3 is 2.30 bits per heavy atom. The Kier molecular flexibility index (Phi) is 3.81. The largest absolute Gasteiger partial charge is 0.437 e. The fourth-order valence-corrected chi connectivity index (χ4v) is 5.96. The van der Waals surface area contributed by atoms with Gasteiger partial charge in [0, 0.05) is 5.54 Å². The van der Waals surface area contributed by atoms with Crippen LogP contribution in [0.15, 0.2) is 24.5 Å². The number of ether oxygens (including phenoxy) is 1. The van der Waals surface area contributed by atoms with Gasteiger partial charge in [0.1, 0.15) is 17.8 Å². The lowest BCUT2D eigenvalue weighted by Crippen LogP contribution is -2.55. The van der Waals surface area contributed by atoms with Gasteiger partial charge in [0.15, 0.2) is 5.82 Å². The van der Waals surface area contributed by atoms with E-state index in [-0.39, 0.29) is 5.54 Å². The molecule has 2 aromatic rings. The molecule has 3 N–H and O–H groups in total. The number of rotatable bonds is 4. The van der Waals surface area contributed by atoms with Gasteiger partial charge in [-0.2, -0.15) is 4.98 Å². The maximum atomic E-state index is 6.42. The first-order valence-electron chi connectivity index (χ1n) is 10.1. The molecule has 0 atom stereocenters. The molecule has 0 radical (unpaired) electrons. The summed E-state index contributed by atoms with van der Waals surface area (Å²) in [5.74, 6) is 4.53. The van der Waals surface area contributed by atoms with E-state index in [9.17, 15) is 0 Å². The van der Waals surface area contributed by atoms with Gasteiger partial charge in [-0.3, -0.25) is 0 Å². The fourth-order valence-electron chi connectivity index (χ4n) is 5.96. The number of anilines is 2. The summed E-state index contributed by atoms with van der Waals surface area (Å²) in [6.45, 7) is 4.16. The molecule has 1 heterocycles. The minimum atomic E-state index is 0.162. The van der Waals surface area contributed by atoms with Crippen LogP contribution in [0, 0.1) is 31.6 Å². The smallest absolute Gasteiger partial charge is 0.248 e. The van der Waals surface area contributed by atoms with Gasteiger partial charge in [-0.15, -0.1) is 0 Å². The molecular formula is C22H28N4O. The van der Waals surface area contributed by atoms with E-state index in [0.717, 1.165) is 29.3 Å². The van der Waals surface area contributed by atoms with Crippen molar-refractivity contribution >= 4 is 11.5 Å². The van der Waals surface area contributed by atoms with Crippen molar-refractivity contribution in [2.45, 2.75) is 57.9 Å². The van der Waals surface area contributed by atoms with Gasteiger partial charge in [0.05, 0.1) is 0 Å². The van der Waals surface area contributed by atoms with Gasteiger partial charge in [0.25, 0.3) is 0 Å². The van der Waals surface area contributed by atoms with Crippen LogP contribution in [0.25, 0.3) is 0 Å². The van der Waals surface area contributed by atoms with E-state index < -0.39 is 0 Å². The molecule has 0 unspecified atom stereocenters. The van der Waals surface area contributed by atoms with Crippen molar-refractivity contribution < 1.29 is 4.74 Å². The third-order valence-electron chi connectivity index (χ3n) is 6.96. The monoisotopic (exact) mass is 364 g/mol. The van der Waals surface area contributed by atoms with Crippen LogP contribution in [0.3, 0.4) is 0 Å². The zero-order chi connectivity index (χ0) is 18.6. The van der Waals surface area contributed by atoms with Crippen molar-refractivity contribution in [1.82, 2.24) is 9.97 Å². The maximum Gasteiger partial charge on any atom is 0.248 e. The molecule has 4 saturated carbocycles. The standard InChI is InChI=1S/C22H28N4O/c1-13-3-4-18(5-14(13)2)27-21-19(23)20(24-12-25-21)26-22-9-15-6-16(10-22)8-17(7-15)11-22/h3-5,12,15-17H,6-11,23H2,1-2H3,(H,24,25,26). The number of aromatic nitrogens is 2. The molecule has 27 heavy (non-hydrogen) atoms. The molecule has 5 heteroatoms. The Labute approximate surface area is 160 Å². The summed E-state index contributed by atoms with van der Waals surface area (Å²) < 4.78 is 5.99. The van der Waals surface area contributed by atoms with Gasteiger partial charge in [-0.05, 0) is 93.4 Å². The van der Waals surface area contributed by atoms with Gasteiger partial charge in [0.2, 0.25) is 5.88 Å². The van der Waals surface area contributed by atoms with Crippen LogP contribution >= 0.6 is 0 Å². The first-order valence-corrected chi connectivity index (χ1v) is 10.1. The average molecular weight is 364 g/mol. The number of hydrogen-bond donors (Lipinski definition) is 2. The second-order valence-corrected chi connectivity index (χ2v) is 9.11. The Morgan fingerprint density at radius 1 is 1.00 bits per heavy atom. The highest BCUT2D eigenvalue weighted by molar-refractivity contribution is 5.68. The van der Waals surface area contributed by atoms with Crippen LogP contribution in [-0.2, 0) is 0 Å². The number of nitrogens with zero attached hydrogens (tertiary/aromatic N) is 2. The minimum absolute atomic E-state index is 0.162. The lowest BCUT2D eigenvalue weighted by Gasteiger charge is -2.57. The van der Waals surface area contributed by atoms with Crippen LogP contribution in [0.5, 0.6) is 11.6 Å². The van der Waals surface area contributed by atoms with Crippen LogP contribution < -0.4 is 15.8 Å². The number of nitrogen functional groups attached to an aromatic ring is 1. The topological polar surface area (TPSA) is 73.1 Å². The van der Waals surface area contributed by atoms with Crippen molar-refractivity contribution in [3.05, 3.63) is 35.7 Å². The summed E-state index contributed by atoms with van der Waals surface area (Å²) in [4.78, 5) is 8.74. The quantitative estimate of drug-likeness (QED) is 0.811. The second-order valence-electron chi connectivity index (χ2n) is 9.11. The van der Waals surface area contributed by atoms with Crippen molar-refractivity contribution in [2.24, 2.45) is 17.8 Å². The first-order chi connectivity index (χ1) is 13.0. The molecule has 6 rings (SSSR count). The summed E-state index contributed by atoms with van der Waals surface area (Å²) in [7, 11) is 0. The summed E-state index contributed by atoms with van der Waals surface area (Å²) in [5, 5.41) is 3.75. The van der Waals surface area contributed by atoms with Gasteiger partial charge in [-0.25, -0.2) is 4.98 Å². The van der Waals surface area contributed by atoms with E-state index in [1.54, 1.807) is 6.33 Å². The SMILES string of the molecule is Cc1ccc(Oc2ncnc(NC34CC5CC(CC(C5)C3)C4)c2N)cc1C. The Balaban J connectivity index is 1.39. The van der Waals surface area contributed by atoms with Crippen LogP contribution in [0.1, 0.15) is 49.7 Å². The van der Waals surface area contributed by atoms with Gasteiger partial charge < -0.3 is 15.8 Å². The lowest BCUT2D eigenvalue weighted by molar-refractivity contribution is 0.0106. The van der Waals surface area contributed by atoms with Crippen LogP contribution in [0.2, 0.25) is 0 Å². The molecule has 142 valence electrons. The lowest BCUT2D eigenvalue weighted by atomic mass is 9.53. The van der Waals surface area contributed by atoms with E-state index in [1.165, 1.54) is 49.7 Å². The highest BCUT2D eigenvalue weighted by Crippen LogP contribution is 2.56. The van der Waals surface area contributed by atoms with Crippen molar-refractivity contribution in [3.63, 3.8) is 0 Å². The number of aryl methyl sites for hydroxylation is 2. The van der Waals surface area contributed by atoms with E-state index in [0.29, 0.717) is 11.6 Å². The third-order valence-corrected chi connectivity index (χ3v) is 6.96. The maximum absolute atomic E-state index is 6.42. The summed E-state index contributed by atoms with van der Waals surface area (Å²) >= 11 is 0. The van der Waals surface area contributed by atoms with Crippen LogP contribution in [-0.4, -0.2) is 15.5 Å². The zero-order valence-electron chi connectivity index (χ0n) is 16.2. The first kappa shape index (κ1) is 16.8. The second kappa shape index (κ2) is 6.11. The molecule has 0 spiro atoms. The number of benzene rings is 1. The highest BCUT2D eigenvalue weighted by atomic mass is 16.5. The molecule has 5 nitrogen and oxygen atoms in total. The summed E-state index contributed by atoms with van der Waals surface area (Å²) in [6.07, 6.45) is 9.54. The van der Waals surface area contributed by atoms with E-state index >= 15 is 0 Å². The average Bonchev–Trinajstić information content (AvgIpc) is 2.60. The Hall–Kier alpha value is -2.30. The van der Waals surface area contributed by atoms with E-state index in [1.807, 2.05) is 12.1 Å². The predicted molar refractivity (Wildman–Crippen MR) is 107 cm³/mol. The molecule has 4 bridgehead atoms. The highest BCUT2D eigenvalue weighted by Gasteiger charge is 2.51. The number of nitrogens with one attached hydrogen (secondary N) is 1. The molecule has 4 fully saturated rings. The number of hydrogen-bond acceptors (Lipinski definition) is 5. The Morgan fingerprint density at radius 2 is 1.67 bits per heavy atom. The predicted octanol–water partition coefficient (Wildman–Crippen LogP) is 4.85. The summed E-state index contributed by atoms with van der Waals surface area (Å²) in [5.41, 5.74) is 9.51. The molecule has 0 saturated heterocycles. The molecule has 4 aliphatic carbocycles. The van der Waals surface area contributed by atoms with Gasteiger partial charge >= 0.3 is 0 Å². The fraction of sp³-hybridized carbons (Fsp3) is 0.545. The van der Waals surface area contributed by atoms with E-state index in [4.69, 9.17) is 10.5 Å². The number of nitrogens with two attached hydrogens (primary N) is 1. The molecule has 4 aliphatic rings. The molecule has 1 aromatic heterocycles. The van der Waals surface area contributed by atoms with Crippen molar-refractivity contribution in [1.29, 1.82) is 0 Å². The molecule has 0 amide bonds. The minimum Gasteiger partial charge on any atom is -0.437 e. The van der Waals surface area contributed by atoms with Crippen molar-refractivity contribution in [3.8, 4) is 11.6 Å². The summed E-state index contributed by atoms with van der Waals surface area (Å²) in [6, 6.07) is 6.02. The Bertz CT molecular complexity index is 843. The zero-order valence-corrected chi connectivity index (χ0v) is 16.2. The third kappa shape index (κ3) is 3.03. The normalized spacial score (nSPS) is 31.1. The van der Waals surface area contributed by atoms with Gasteiger partial charge in [-0.1, -0.05) is 6.07 Å². The molecule has 0 aliphatic heterocycles. The van der Waals surface area contributed by atoms with Crippen molar-refractivity contribution in [2.75, 3.05) is 11.1 Å².